The van der Waals surface area contributed by atoms with Gasteiger partial charge in [-0.3, -0.25) is 9.59 Å². The van der Waals surface area contributed by atoms with Gasteiger partial charge in [-0.15, -0.1) is 0 Å². The summed E-state index contributed by atoms with van der Waals surface area (Å²) in [5, 5.41) is 8.57. The Morgan fingerprint density at radius 2 is 1.79 bits per heavy atom. The Morgan fingerprint density at radius 3 is 2.21 bits per heavy atom. The van der Waals surface area contributed by atoms with Crippen molar-refractivity contribution in [3.63, 3.8) is 0 Å². The van der Waals surface area contributed by atoms with E-state index in [4.69, 9.17) is 5.11 Å². The summed E-state index contributed by atoms with van der Waals surface area (Å²) in [6.07, 6.45) is -0.461. The molecule has 0 aliphatic rings. The van der Waals surface area contributed by atoms with E-state index in [1.807, 2.05) is 0 Å². The molecule has 1 N–H and O–H groups in total. The first kappa shape index (κ1) is 15.1. The van der Waals surface area contributed by atoms with Gasteiger partial charge in [0.25, 0.3) is 0 Å². The van der Waals surface area contributed by atoms with Crippen LogP contribution in [0.15, 0.2) is 12.1 Å². The fourth-order valence-corrected chi connectivity index (χ4v) is 1.72. The molecule has 1 aromatic carbocycles. The molecule has 1 rings (SSSR count). The van der Waals surface area contributed by atoms with E-state index < -0.39 is 34.9 Å². The van der Waals surface area contributed by atoms with Crippen molar-refractivity contribution in [2.45, 2.75) is 19.8 Å². The van der Waals surface area contributed by atoms with Gasteiger partial charge < -0.3 is 9.84 Å². The number of ketones is 1. The first-order valence-corrected chi connectivity index (χ1v) is 5.63. The first-order chi connectivity index (χ1) is 8.85. The zero-order valence-electron chi connectivity index (χ0n) is 10.6. The van der Waals surface area contributed by atoms with Crippen molar-refractivity contribution < 1.29 is 28.2 Å². The minimum absolute atomic E-state index is 0.0230. The van der Waals surface area contributed by atoms with Crippen LogP contribution in [0.1, 0.15) is 30.1 Å². The second kappa shape index (κ2) is 6.26. The van der Waals surface area contributed by atoms with E-state index in [-0.39, 0.29) is 18.6 Å². The van der Waals surface area contributed by atoms with E-state index in [9.17, 15) is 18.4 Å². The van der Waals surface area contributed by atoms with Gasteiger partial charge in [0.15, 0.2) is 5.78 Å². The zero-order chi connectivity index (χ0) is 14.6. The summed E-state index contributed by atoms with van der Waals surface area (Å²) in [5.74, 6) is -4.35. The maximum atomic E-state index is 13.6. The number of carbonyl (C=O) groups excluding carboxylic acids is 1. The van der Waals surface area contributed by atoms with Crippen LogP contribution < -0.4 is 4.74 Å². The Labute approximate surface area is 109 Å². The number of aliphatic carboxylic acids is 1. The highest BCUT2D eigenvalue weighted by molar-refractivity contribution is 5.97. The maximum absolute atomic E-state index is 13.6. The number of rotatable bonds is 6. The van der Waals surface area contributed by atoms with E-state index >= 15 is 0 Å². The molecule has 0 aliphatic heterocycles. The minimum atomic E-state index is -1.06. The molecule has 0 saturated heterocycles. The second-order valence-electron chi connectivity index (χ2n) is 4.30. The number of hydrogen-bond acceptors (Lipinski definition) is 3. The fourth-order valence-electron chi connectivity index (χ4n) is 1.72. The molecular weight excluding hydrogens is 258 g/mol. The summed E-state index contributed by atoms with van der Waals surface area (Å²) in [5.41, 5.74) is -0.655. The van der Waals surface area contributed by atoms with Crippen molar-refractivity contribution in [2.75, 3.05) is 7.11 Å². The summed E-state index contributed by atoms with van der Waals surface area (Å²) in [6.45, 7) is 1.53. The molecule has 104 valence electrons. The summed E-state index contributed by atoms with van der Waals surface area (Å²) in [4.78, 5) is 22.2. The van der Waals surface area contributed by atoms with E-state index in [2.05, 4.69) is 4.74 Å². The smallest absolute Gasteiger partial charge is 0.303 e. The summed E-state index contributed by atoms with van der Waals surface area (Å²) in [6, 6.07) is 1.83. The van der Waals surface area contributed by atoms with Crippen LogP contribution >= 0.6 is 0 Å². The highest BCUT2D eigenvalue weighted by Crippen LogP contribution is 2.23. The van der Waals surface area contributed by atoms with Crippen molar-refractivity contribution in [1.82, 2.24) is 0 Å². The van der Waals surface area contributed by atoms with Crippen molar-refractivity contribution in [2.24, 2.45) is 5.92 Å². The van der Waals surface area contributed by atoms with Gasteiger partial charge in [0.05, 0.1) is 12.7 Å². The van der Waals surface area contributed by atoms with Gasteiger partial charge in [0.2, 0.25) is 0 Å². The monoisotopic (exact) mass is 272 g/mol. The molecule has 0 aliphatic carbocycles. The SMILES string of the molecule is COc1cc(F)c(C(=O)CC(C)CC(=O)O)c(F)c1. The van der Waals surface area contributed by atoms with Gasteiger partial charge >= 0.3 is 5.97 Å². The number of ether oxygens (including phenoxy) is 1. The molecule has 1 aromatic rings. The topological polar surface area (TPSA) is 63.6 Å². The number of carbonyl (C=O) groups is 2. The van der Waals surface area contributed by atoms with Crippen LogP contribution in [-0.4, -0.2) is 24.0 Å². The molecule has 0 heterocycles. The lowest BCUT2D eigenvalue weighted by Gasteiger charge is -2.10. The number of halogens is 2. The van der Waals surface area contributed by atoms with E-state index in [1.165, 1.54) is 14.0 Å². The largest absolute Gasteiger partial charge is 0.497 e. The molecule has 4 nitrogen and oxygen atoms in total. The quantitative estimate of drug-likeness (QED) is 0.809. The molecule has 0 fully saturated rings. The number of benzene rings is 1. The zero-order valence-corrected chi connectivity index (χ0v) is 10.6. The predicted octanol–water partition coefficient (Wildman–Crippen LogP) is 2.66. The maximum Gasteiger partial charge on any atom is 0.303 e. The minimum Gasteiger partial charge on any atom is -0.497 e. The van der Waals surface area contributed by atoms with Crippen LogP contribution in [0.3, 0.4) is 0 Å². The van der Waals surface area contributed by atoms with Crippen LogP contribution in [-0.2, 0) is 4.79 Å². The van der Waals surface area contributed by atoms with Crippen LogP contribution in [0.2, 0.25) is 0 Å². The molecule has 0 spiro atoms. The van der Waals surface area contributed by atoms with Gasteiger partial charge in [-0.2, -0.15) is 0 Å². The Morgan fingerprint density at radius 1 is 1.26 bits per heavy atom. The highest BCUT2D eigenvalue weighted by atomic mass is 19.1. The fraction of sp³-hybridized carbons (Fsp3) is 0.385. The van der Waals surface area contributed by atoms with Gasteiger partial charge in [0.1, 0.15) is 17.4 Å². The van der Waals surface area contributed by atoms with E-state index in [0.29, 0.717) is 0 Å². The molecule has 0 aromatic heterocycles. The molecule has 0 radical (unpaired) electrons. The first-order valence-electron chi connectivity index (χ1n) is 5.63. The van der Waals surface area contributed by atoms with Crippen molar-refractivity contribution in [3.8, 4) is 5.75 Å². The molecule has 0 saturated carbocycles. The van der Waals surface area contributed by atoms with Gasteiger partial charge in [-0.25, -0.2) is 8.78 Å². The molecular formula is C13H14F2O4. The Bertz CT molecular complexity index is 476. The molecule has 0 bridgehead atoms. The summed E-state index contributed by atoms with van der Waals surface area (Å²) >= 11 is 0. The predicted molar refractivity (Wildman–Crippen MR) is 63.3 cm³/mol. The van der Waals surface area contributed by atoms with Crippen LogP contribution in [0, 0.1) is 17.6 Å². The normalized spacial score (nSPS) is 12.0. The Hall–Kier alpha value is -1.98. The Balaban J connectivity index is 2.91. The lowest BCUT2D eigenvalue weighted by atomic mass is 9.96. The van der Waals surface area contributed by atoms with Gasteiger partial charge in [0, 0.05) is 25.0 Å². The molecule has 1 atom stereocenters. The van der Waals surface area contributed by atoms with Crippen LogP contribution in [0.4, 0.5) is 8.78 Å². The van der Waals surface area contributed by atoms with Crippen LogP contribution in [0.25, 0.3) is 0 Å². The Kier molecular flexibility index (Phi) is 4.97. The third-order valence-electron chi connectivity index (χ3n) is 2.59. The number of carboxylic acids is 1. The average Bonchev–Trinajstić information content (AvgIpc) is 2.26. The lowest BCUT2D eigenvalue weighted by molar-refractivity contribution is -0.137. The second-order valence-corrected chi connectivity index (χ2v) is 4.30. The van der Waals surface area contributed by atoms with E-state index in [1.54, 1.807) is 0 Å². The van der Waals surface area contributed by atoms with Crippen LogP contribution in [0.5, 0.6) is 5.75 Å². The van der Waals surface area contributed by atoms with Gasteiger partial charge in [-0.1, -0.05) is 6.92 Å². The highest BCUT2D eigenvalue weighted by Gasteiger charge is 2.21. The van der Waals surface area contributed by atoms with Crippen molar-refractivity contribution >= 4 is 11.8 Å². The third kappa shape index (κ3) is 4.01. The number of Topliss-reactive ketones (excluding diaryl/α,β-unsaturated/α-hetero) is 1. The molecule has 0 amide bonds. The number of hydrogen-bond donors (Lipinski definition) is 1. The average molecular weight is 272 g/mol. The standard InChI is InChI=1S/C13H14F2O4/c1-7(4-12(17)18)3-11(16)13-9(14)5-8(19-2)6-10(13)15/h5-7H,3-4H2,1-2H3,(H,17,18). The summed E-state index contributed by atoms with van der Waals surface area (Å²) in [7, 11) is 1.25. The third-order valence-corrected chi connectivity index (χ3v) is 2.59. The van der Waals surface area contributed by atoms with Crippen molar-refractivity contribution in [3.05, 3.63) is 29.3 Å². The number of carboxylic acid groups (broad SMARTS) is 1. The molecule has 6 heteroatoms. The van der Waals surface area contributed by atoms with E-state index in [0.717, 1.165) is 12.1 Å². The number of methoxy groups -OCH3 is 1. The lowest BCUT2D eigenvalue weighted by Crippen LogP contribution is -2.13. The summed E-state index contributed by atoms with van der Waals surface area (Å²) < 4.78 is 31.9. The molecule has 1 unspecified atom stereocenters. The van der Waals surface area contributed by atoms with Crippen molar-refractivity contribution in [1.29, 1.82) is 0 Å². The molecule has 19 heavy (non-hydrogen) atoms. The van der Waals surface area contributed by atoms with Gasteiger partial charge in [-0.05, 0) is 5.92 Å².